The van der Waals surface area contributed by atoms with Crippen LogP contribution in [0.3, 0.4) is 0 Å². The van der Waals surface area contributed by atoms with Gasteiger partial charge in [0, 0.05) is 6.54 Å². The number of carbonyl (C=O) groups is 2. The summed E-state index contributed by atoms with van der Waals surface area (Å²) in [5.74, 6) is -0.582. The highest BCUT2D eigenvalue weighted by Gasteiger charge is 2.52. The topological polar surface area (TPSA) is 89.7 Å². The Labute approximate surface area is 118 Å². The maximum absolute atomic E-state index is 12.4. The highest BCUT2D eigenvalue weighted by Crippen LogP contribution is 2.33. The molecule has 0 unspecified atom stereocenters. The number of hydrogen-bond donors (Lipinski definition) is 1. The van der Waals surface area contributed by atoms with Crippen molar-refractivity contribution in [2.24, 2.45) is 11.7 Å². The van der Waals surface area contributed by atoms with Gasteiger partial charge in [-0.2, -0.15) is 0 Å². The van der Waals surface area contributed by atoms with Gasteiger partial charge in [0.25, 0.3) is 0 Å². The van der Waals surface area contributed by atoms with E-state index in [9.17, 15) is 14.4 Å². The van der Waals surface area contributed by atoms with Crippen LogP contribution in [-0.4, -0.2) is 48.3 Å². The maximum Gasteiger partial charge on any atom is 0.340 e. The van der Waals surface area contributed by atoms with Crippen LogP contribution in [-0.2, 0) is 19.1 Å². The Morgan fingerprint density at radius 3 is 2.65 bits per heavy atom. The number of nitrogens with two attached hydrogens (primary N) is 1. The van der Waals surface area contributed by atoms with Gasteiger partial charge in [-0.05, 0) is 25.2 Å². The molecule has 1 radical (unpaired) electrons. The summed E-state index contributed by atoms with van der Waals surface area (Å²) < 4.78 is 4.67. The van der Waals surface area contributed by atoms with Gasteiger partial charge in [0.2, 0.25) is 17.7 Å². The summed E-state index contributed by atoms with van der Waals surface area (Å²) in [7, 11) is 1.21. The molecule has 0 spiro atoms. The van der Waals surface area contributed by atoms with E-state index in [4.69, 9.17) is 5.73 Å². The lowest BCUT2D eigenvalue weighted by Crippen LogP contribution is -2.58. The lowest BCUT2D eigenvalue weighted by molar-refractivity contribution is -0.155. The molecule has 6 heteroatoms. The fourth-order valence-electron chi connectivity index (χ4n) is 3.03. The molecule has 1 saturated carbocycles. The Kier molecular flexibility index (Phi) is 4.42. The average Bonchev–Trinajstić information content (AvgIpc) is 2.85. The van der Waals surface area contributed by atoms with E-state index in [1.54, 1.807) is 6.29 Å². The molecule has 2 rings (SSSR count). The molecule has 2 aliphatic rings. The molecule has 0 aromatic heterocycles. The Bertz CT molecular complexity index is 408. The number of likely N-dealkylation sites (tertiary alicyclic amines) is 1. The van der Waals surface area contributed by atoms with E-state index >= 15 is 0 Å². The number of carbonyl (C=O) groups excluding carboxylic acids is 3. The van der Waals surface area contributed by atoms with Gasteiger partial charge in [-0.1, -0.05) is 19.3 Å². The SMILES string of the molecule is COC(=O)[C@@]1([C]=O)CCCN1C(=O)[C@H](N)CC1CCC1. The van der Waals surface area contributed by atoms with Crippen LogP contribution in [0, 0.1) is 5.92 Å². The summed E-state index contributed by atoms with van der Waals surface area (Å²) in [6, 6.07) is -0.657. The zero-order valence-electron chi connectivity index (χ0n) is 11.8. The third-order valence-electron chi connectivity index (χ3n) is 4.47. The number of esters is 1. The molecular weight excluding hydrogens is 260 g/mol. The second kappa shape index (κ2) is 5.91. The minimum Gasteiger partial charge on any atom is -0.467 e. The molecule has 1 amide bonds. The van der Waals surface area contributed by atoms with Crippen molar-refractivity contribution in [3.05, 3.63) is 0 Å². The van der Waals surface area contributed by atoms with E-state index in [0.29, 0.717) is 25.3 Å². The molecule has 1 aliphatic carbocycles. The number of rotatable bonds is 5. The van der Waals surface area contributed by atoms with Crippen LogP contribution in [0.4, 0.5) is 0 Å². The molecule has 111 valence electrons. The molecule has 0 bridgehead atoms. The number of hydrogen-bond acceptors (Lipinski definition) is 5. The van der Waals surface area contributed by atoms with Gasteiger partial charge in [0.15, 0.2) is 0 Å². The van der Waals surface area contributed by atoms with Crippen molar-refractivity contribution in [1.29, 1.82) is 0 Å². The van der Waals surface area contributed by atoms with Crippen molar-refractivity contribution in [2.45, 2.75) is 50.1 Å². The standard InChI is InChI=1S/C14H21N2O4/c1-20-13(19)14(9-17)6-3-7-16(14)12(18)11(15)8-10-4-2-5-10/h10-11H,2-8,15H2,1H3/t11-,14+/m1/s1. The largest absolute Gasteiger partial charge is 0.467 e. The Hall–Kier alpha value is -1.43. The van der Waals surface area contributed by atoms with Crippen LogP contribution in [0.5, 0.6) is 0 Å². The fraction of sp³-hybridized carbons (Fsp3) is 0.786. The molecule has 2 atom stereocenters. The number of nitrogens with zero attached hydrogens (tertiary/aromatic N) is 1. The van der Waals surface area contributed by atoms with E-state index in [1.165, 1.54) is 18.4 Å². The first kappa shape index (κ1) is 15.0. The summed E-state index contributed by atoms with van der Waals surface area (Å²) in [4.78, 5) is 36.9. The molecule has 2 N–H and O–H groups in total. The first-order chi connectivity index (χ1) is 9.55. The van der Waals surface area contributed by atoms with Crippen molar-refractivity contribution in [2.75, 3.05) is 13.7 Å². The summed E-state index contributed by atoms with van der Waals surface area (Å²) in [5.41, 5.74) is 4.36. The first-order valence-corrected chi connectivity index (χ1v) is 7.10. The molecule has 20 heavy (non-hydrogen) atoms. The predicted octanol–water partition coefficient (Wildman–Crippen LogP) is 0.148. The van der Waals surface area contributed by atoms with Gasteiger partial charge in [-0.15, -0.1) is 0 Å². The van der Waals surface area contributed by atoms with E-state index in [2.05, 4.69) is 4.74 Å². The molecule has 1 heterocycles. The molecule has 2 fully saturated rings. The minimum atomic E-state index is -1.59. The smallest absolute Gasteiger partial charge is 0.340 e. The van der Waals surface area contributed by atoms with Crippen LogP contribution < -0.4 is 5.73 Å². The van der Waals surface area contributed by atoms with Crippen molar-refractivity contribution in [3.63, 3.8) is 0 Å². The van der Waals surface area contributed by atoms with Crippen LogP contribution in [0.2, 0.25) is 0 Å². The van der Waals surface area contributed by atoms with E-state index < -0.39 is 17.6 Å². The highest BCUT2D eigenvalue weighted by atomic mass is 16.5. The Morgan fingerprint density at radius 2 is 2.15 bits per heavy atom. The monoisotopic (exact) mass is 281 g/mol. The number of ether oxygens (including phenoxy) is 1. The van der Waals surface area contributed by atoms with Crippen molar-refractivity contribution in [3.8, 4) is 0 Å². The van der Waals surface area contributed by atoms with E-state index in [0.717, 1.165) is 12.8 Å². The van der Waals surface area contributed by atoms with Gasteiger partial charge < -0.3 is 15.4 Å². The summed E-state index contributed by atoms with van der Waals surface area (Å²) in [5, 5.41) is 0. The van der Waals surface area contributed by atoms with Gasteiger partial charge in [0.05, 0.1) is 13.2 Å². The predicted molar refractivity (Wildman–Crippen MR) is 71.3 cm³/mol. The second-order valence-corrected chi connectivity index (χ2v) is 5.69. The first-order valence-electron chi connectivity index (χ1n) is 7.10. The lowest BCUT2D eigenvalue weighted by Gasteiger charge is -2.34. The zero-order valence-corrected chi connectivity index (χ0v) is 11.8. The van der Waals surface area contributed by atoms with Crippen molar-refractivity contribution < 1.29 is 19.1 Å². The highest BCUT2D eigenvalue weighted by molar-refractivity contribution is 6.03. The summed E-state index contributed by atoms with van der Waals surface area (Å²) in [6.45, 7) is 0.349. The van der Waals surface area contributed by atoms with Crippen LogP contribution in [0.15, 0.2) is 0 Å². The molecule has 1 aliphatic heterocycles. The van der Waals surface area contributed by atoms with Crippen LogP contribution >= 0.6 is 0 Å². The summed E-state index contributed by atoms with van der Waals surface area (Å²) >= 11 is 0. The number of methoxy groups -OCH3 is 1. The molecule has 0 aromatic rings. The zero-order chi connectivity index (χ0) is 14.8. The van der Waals surface area contributed by atoms with Gasteiger partial charge in [-0.25, -0.2) is 4.79 Å². The van der Waals surface area contributed by atoms with Crippen molar-refractivity contribution >= 4 is 18.2 Å². The molecule has 6 nitrogen and oxygen atoms in total. The van der Waals surface area contributed by atoms with Gasteiger partial charge >= 0.3 is 5.97 Å². The third kappa shape index (κ3) is 2.44. The summed E-state index contributed by atoms with van der Waals surface area (Å²) in [6.07, 6.45) is 6.55. The Morgan fingerprint density at radius 1 is 1.45 bits per heavy atom. The van der Waals surface area contributed by atoms with Gasteiger partial charge in [-0.3, -0.25) is 9.59 Å². The minimum absolute atomic E-state index is 0.255. The van der Waals surface area contributed by atoms with Gasteiger partial charge in [0.1, 0.15) is 0 Å². The molecular formula is C14H21N2O4. The fourth-order valence-corrected chi connectivity index (χ4v) is 3.03. The van der Waals surface area contributed by atoms with E-state index in [1.807, 2.05) is 0 Å². The maximum atomic E-state index is 12.4. The second-order valence-electron chi connectivity index (χ2n) is 5.69. The van der Waals surface area contributed by atoms with Crippen LogP contribution in [0.25, 0.3) is 0 Å². The molecule has 1 saturated heterocycles. The van der Waals surface area contributed by atoms with Crippen molar-refractivity contribution in [1.82, 2.24) is 4.90 Å². The normalized spacial score (nSPS) is 27.8. The number of amides is 1. The quantitative estimate of drug-likeness (QED) is 0.572. The lowest BCUT2D eigenvalue weighted by atomic mass is 9.80. The third-order valence-corrected chi connectivity index (χ3v) is 4.47. The average molecular weight is 281 g/mol. The molecule has 0 aromatic carbocycles. The van der Waals surface area contributed by atoms with Crippen LogP contribution in [0.1, 0.15) is 38.5 Å². The van der Waals surface area contributed by atoms with E-state index in [-0.39, 0.29) is 12.3 Å². The Balaban J connectivity index is 2.10.